The predicted octanol–water partition coefficient (Wildman–Crippen LogP) is 6.20. The quantitative estimate of drug-likeness (QED) is 0.368. The van der Waals surface area contributed by atoms with Gasteiger partial charge in [0.2, 0.25) is 0 Å². The van der Waals surface area contributed by atoms with E-state index >= 15 is 0 Å². The summed E-state index contributed by atoms with van der Waals surface area (Å²) in [5, 5.41) is 0. The summed E-state index contributed by atoms with van der Waals surface area (Å²) in [7, 11) is 0. The molecule has 0 spiro atoms. The van der Waals surface area contributed by atoms with Crippen LogP contribution >= 0.6 is 0 Å². The van der Waals surface area contributed by atoms with Gasteiger partial charge in [-0.25, -0.2) is 0 Å². The van der Waals surface area contributed by atoms with Crippen LogP contribution in [0.2, 0.25) is 0 Å². The van der Waals surface area contributed by atoms with Crippen LogP contribution in [-0.4, -0.2) is 0 Å². The highest BCUT2D eigenvalue weighted by molar-refractivity contribution is 4.63. The Morgan fingerprint density at radius 2 is 1.31 bits per heavy atom. The zero-order chi connectivity index (χ0) is 12.2. The van der Waals surface area contributed by atoms with E-state index in [2.05, 4.69) is 27.7 Å². The van der Waals surface area contributed by atoms with Gasteiger partial charge in [-0.2, -0.15) is 0 Å². The molecule has 0 aromatic rings. The minimum Gasteiger partial charge on any atom is -0.0654 e. The van der Waals surface area contributed by atoms with Crippen molar-refractivity contribution in [1.29, 1.82) is 0 Å². The molecule has 16 heavy (non-hydrogen) atoms. The molecule has 0 amide bonds. The van der Waals surface area contributed by atoms with Crippen LogP contribution in [0.15, 0.2) is 0 Å². The summed E-state index contributed by atoms with van der Waals surface area (Å²) in [6, 6.07) is 0. The minimum absolute atomic E-state index is 0.957. The van der Waals surface area contributed by atoms with Crippen molar-refractivity contribution in [3.05, 3.63) is 0 Å². The van der Waals surface area contributed by atoms with Gasteiger partial charge in [0.1, 0.15) is 0 Å². The fraction of sp³-hybridized carbons (Fsp3) is 1.00. The van der Waals surface area contributed by atoms with E-state index in [1.54, 1.807) is 0 Å². The zero-order valence-corrected chi connectivity index (χ0v) is 12.2. The molecule has 98 valence electrons. The Bertz CT molecular complexity index is 128. The topological polar surface area (TPSA) is 0 Å². The van der Waals surface area contributed by atoms with Crippen molar-refractivity contribution in [3.63, 3.8) is 0 Å². The van der Waals surface area contributed by atoms with Gasteiger partial charge in [-0.05, 0) is 18.3 Å². The number of rotatable bonds is 11. The van der Waals surface area contributed by atoms with Gasteiger partial charge in [0, 0.05) is 0 Å². The monoisotopic (exact) mass is 226 g/mol. The number of unbranched alkanes of at least 4 members (excludes halogenated alkanes) is 4. The summed E-state index contributed by atoms with van der Waals surface area (Å²) < 4.78 is 0. The average molecular weight is 226 g/mol. The molecule has 0 nitrogen and oxygen atoms in total. The standard InChI is InChI=1S/C16H34/c1-5-8-10-12-15(4)14-16(7-3)13-11-9-6-2/h15-16H,5-14H2,1-4H3. The molecule has 0 heterocycles. The SMILES string of the molecule is CCCCCC(C)CC(CC)CCCCC. The first-order valence-electron chi connectivity index (χ1n) is 7.74. The molecule has 0 saturated heterocycles. The first kappa shape index (κ1) is 16.0. The summed E-state index contributed by atoms with van der Waals surface area (Å²) >= 11 is 0. The number of hydrogen-bond donors (Lipinski definition) is 0. The van der Waals surface area contributed by atoms with Gasteiger partial charge in [0.05, 0.1) is 0 Å². The summed E-state index contributed by atoms with van der Waals surface area (Å²) in [5.74, 6) is 1.96. The fourth-order valence-electron chi connectivity index (χ4n) is 2.60. The lowest BCUT2D eigenvalue weighted by Gasteiger charge is -2.19. The Hall–Kier alpha value is 0. The lowest BCUT2D eigenvalue weighted by atomic mass is 9.87. The molecule has 0 saturated carbocycles. The van der Waals surface area contributed by atoms with Crippen LogP contribution in [0.4, 0.5) is 0 Å². The Morgan fingerprint density at radius 1 is 0.750 bits per heavy atom. The molecule has 0 N–H and O–H groups in total. The van der Waals surface area contributed by atoms with Crippen LogP contribution in [0.5, 0.6) is 0 Å². The van der Waals surface area contributed by atoms with E-state index in [0.29, 0.717) is 0 Å². The maximum atomic E-state index is 2.46. The zero-order valence-electron chi connectivity index (χ0n) is 12.2. The third-order valence-corrected chi connectivity index (χ3v) is 3.83. The molecule has 0 aliphatic rings. The molecule has 0 radical (unpaired) electrons. The molecular formula is C16H34. The first-order valence-corrected chi connectivity index (χ1v) is 7.74. The van der Waals surface area contributed by atoms with E-state index in [9.17, 15) is 0 Å². The molecule has 0 aliphatic carbocycles. The molecule has 2 atom stereocenters. The van der Waals surface area contributed by atoms with Crippen molar-refractivity contribution in [3.8, 4) is 0 Å². The maximum Gasteiger partial charge on any atom is -0.0414 e. The second-order valence-corrected chi connectivity index (χ2v) is 5.61. The molecule has 0 rings (SSSR count). The molecule has 0 bridgehead atoms. The first-order chi connectivity index (χ1) is 7.74. The Balaban J connectivity index is 3.57. The van der Waals surface area contributed by atoms with E-state index in [-0.39, 0.29) is 0 Å². The molecule has 0 aliphatic heterocycles. The van der Waals surface area contributed by atoms with Crippen LogP contribution in [0, 0.1) is 11.8 Å². The van der Waals surface area contributed by atoms with E-state index in [4.69, 9.17) is 0 Å². The Kier molecular flexibility index (Phi) is 11.5. The summed E-state index contributed by atoms with van der Waals surface area (Å²) in [6.07, 6.45) is 14.3. The van der Waals surface area contributed by atoms with Gasteiger partial charge in [-0.1, -0.05) is 85.5 Å². The average Bonchev–Trinajstić information content (AvgIpc) is 2.28. The van der Waals surface area contributed by atoms with Gasteiger partial charge in [-0.3, -0.25) is 0 Å². The normalized spacial score (nSPS) is 15.0. The smallest absolute Gasteiger partial charge is 0.0414 e. The third kappa shape index (κ3) is 9.24. The largest absolute Gasteiger partial charge is 0.0654 e. The second-order valence-electron chi connectivity index (χ2n) is 5.61. The molecule has 0 aromatic carbocycles. The van der Waals surface area contributed by atoms with Crippen molar-refractivity contribution in [2.45, 2.75) is 91.9 Å². The Morgan fingerprint density at radius 3 is 1.81 bits per heavy atom. The lowest BCUT2D eigenvalue weighted by molar-refractivity contribution is 0.332. The third-order valence-electron chi connectivity index (χ3n) is 3.83. The Labute approximate surface area is 104 Å². The highest BCUT2D eigenvalue weighted by Gasteiger charge is 2.10. The van der Waals surface area contributed by atoms with Crippen LogP contribution < -0.4 is 0 Å². The van der Waals surface area contributed by atoms with Crippen molar-refractivity contribution in [2.75, 3.05) is 0 Å². The van der Waals surface area contributed by atoms with Gasteiger partial charge in [-0.15, -0.1) is 0 Å². The van der Waals surface area contributed by atoms with E-state index in [1.165, 1.54) is 64.2 Å². The summed E-state index contributed by atoms with van der Waals surface area (Å²) in [5.41, 5.74) is 0. The van der Waals surface area contributed by atoms with E-state index < -0.39 is 0 Å². The van der Waals surface area contributed by atoms with Crippen LogP contribution in [-0.2, 0) is 0 Å². The van der Waals surface area contributed by atoms with Gasteiger partial charge in [0.15, 0.2) is 0 Å². The number of hydrogen-bond acceptors (Lipinski definition) is 0. The van der Waals surface area contributed by atoms with Crippen molar-refractivity contribution < 1.29 is 0 Å². The molecule has 2 unspecified atom stereocenters. The predicted molar refractivity (Wildman–Crippen MR) is 75.8 cm³/mol. The molecule has 0 aromatic heterocycles. The highest BCUT2D eigenvalue weighted by atomic mass is 14.2. The van der Waals surface area contributed by atoms with Crippen molar-refractivity contribution in [2.24, 2.45) is 11.8 Å². The lowest BCUT2D eigenvalue weighted by Crippen LogP contribution is -2.06. The highest BCUT2D eigenvalue weighted by Crippen LogP contribution is 2.24. The van der Waals surface area contributed by atoms with Crippen LogP contribution in [0.1, 0.15) is 91.9 Å². The van der Waals surface area contributed by atoms with Gasteiger partial charge >= 0.3 is 0 Å². The van der Waals surface area contributed by atoms with Crippen molar-refractivity contribution in [1.82, 2.24) is 0 Å². The summed E-state index contributed by atoms with van der Waals surface area (Å²) in [6.45, 7) is 9.42. The van der Waals surface area contributed by atoms with Crippen molar-refractivity contribution >= 4 is 0 Å². The molecule has 0 heteroatoms. The minimum atomic E-state index is 0.957. The maximum absolute atomic E-state index is 2.46. The summed E-state index contributed by atoms with van der Waals surface area (Å²) in [4.78, 5) is 0. The fourth-order valence-corrected chi connectivity index (χ4v) is 2.60. The molecule has 0 fully saturated rings. The van der Waals surface area contributed by atoms with E-state index in [0.717, 1.165) is 11.8 Å². The van der Waals surface area contributed by atoms with Crippen LogP contribution in [0.3, 0.4) is 0 Å². The van der Waals surface area contributed by atoms with Gasteiger partial charge < -0.3 is 0 Å². The van der Waals surface area contributed by atoms with Gasteiger partial charge in [0.25, 0.3) is 0 Å². The van der Waals surface area contributed by atoms with Crippen LogP contribution in [0.25, 0.3) is 0 Å². The molecular weight excluding hydrogens is 192 g/mol. The second kappa shape index (κ2) is 11.5. The van der Waals surface area contributed by atoms with E-state index in [1.807, 2.05) is 0 Å².